The molecule has 2 heterocycles. The minimum atomic E-state index is -4.98. The van der Waals surface area contributed by atoms with E-state index in [1.54, 1.807) is 24.3 Å². The monoisotopic (exact) mass is 546 g/mol. The van der Waals surface area contributed by atoms with Gasteiger partial charge in [0.25, 0.3) is 5.56 Å². The van der Waals surface area contributed by atoms with Gasteiger partial charge in [-0.15, -0.1) is 6.42 Å². The lowest BCUT2D eigenvalue weighted by Gasteiger charge is -2.26. The van der Waals surface area contributed by atoms with E-state index in [0.717, 1.165) is 15.9 Å². The van der Waals surface area contributed by atoms with Crippen molar-refractivity contribution in [3.63, 3.8) is 0 Å². The molecule has 0 unspecified atom stereocenters. The van der Waals surface area contributed by atoms with Crippen LogP contribution in [0.5, 0.6) is 5.75 Å². The molecule has 6 nitrogen and oxygen atoms in total. The van der Waals surface area contributed by atoms with Crippen molar-refractivity contribution < 1.29 is 27.4 Å². The third-order valence-electron chi connectivity index (χ3n) is 5.28. The van der Waals surface area contributed by atoms with Gasteiger partial charge in [0.05, 0.1) is 22.8 Å². The van der Waals surface area contributed by atoms with Crippen LogP contribution < -0.4 is 19.6 Å². The molecule has 0 amide bonds. The largest absolute Gasteiger partial charge is 0.481 e. The van der Waals surface area contributed by atoms with Crippen LogP contribution in [0.4, 0.5) is 13.2 Å². The number of nitrogens with zero attached hydrogens (tertiary/aromatic N) is 2. The first kappa shape index (κ1) is 26.3. The summed E-state index contributed by atoms with van der Waals surface area (Å²) in [5.41, 5.74) is -1.95. The summed E-state index contributed by atoms with van der Waals surface area (Å²) in [6, 6.07) is 11.1. The maximum atomic E-state index is 14.1. The second-order valence-corrected chi connectivity index (χ2v) is 9.12. The molecule has 190 valence electrons. The molecule has 0 bridgehead atoms. The molecular formula is C26H18ClF3N2O4S. The molecule has 3 aromatic rings. The summed E-state index contributed by atoms with van der Waals surface area (Å²) in [6.07, 6.45) is 1.73. The zero-order valence-electron chi connectivity index (χ0n) is 19.2. The van der Waals surface area contributed by atoms with E-state index in [2.05, 4.69) is 10.9 Å². The predicted octanol–water partition coefficient (Wildman–Crippen LogP) is 4.01. The summed E-state index contributed by atoms with van der Waals surface area (Å²) in [5, 5.41) is 0.337. The predicted molar refractivity (Wildman–Crippen MR) is 133 cm³/mol. The number of carbonyl (C=O) groups is 1. The number of halogens is 4. The van der Waals surface area contributed by atoms with E-state index in [4.69, 9.17) is 27.5 Å². The maximum absolute atomic E-state index is 14.1. The second-order valence-electron chi connectivity index (χ2n) is 7.68. The van der Waals surface area contributed by atoms with Crippen molar-refractivity contribution in [1.29, 1.82) is 0 Å². The number of rotatable bonds is 6. The third-order valence-corrected chi connectivity index (χ3v) is 6.52. The highest BCUT2D eigenvalue weighted by Crippen LogP contribution is 2.38. The van der Waals surface area contributed by atoms with Crippen LogP contribution in [-0.2, 0) is 9.53 Å². The van der Waals surface area contributed by atoms with E-state index >= 15 is 0 Å². The van der Waals surface area contributed by atoms with Crippen molar-refractivity contribution >= 4 is 35.0 Å². The Labute approximate surface area is 217 Å². The summed E-state index contributed by atoms with van der Waals surface area (Å²) in [4.78, 5) is 29.8. The molecule has 4 rings (SSSR count). The van der Waals surface area contributed by atoms with Gasteiger partial charge >= 0.3 is 12.1 Å². The number of allylic oxidation sites excluding steroid dienone is 1. The van der Waals surface area contributed by atoms with E-state index in [1.807, 2.05) is 0 Å². The van der Waals surface area contributed by atoms with Crippen LogP contribution in [0.15, 0.2) is 69.6 Å². The Morgan fingerprint density at radius 1 is 1.22 bits per heavy atom. The minimum Gasteiger partial charge on any atom is -0.481 e. The molecule has 2 aromatic carbocycles. The van der Waals surface area contributed by atoms with Crippen molar-refractivity contribution in [3.8, 4) is 18.1 Å². The number of terminal acetylenes is 1. The van der Waals surface area contributed by atoms with Gasteiger partial charge in [-0.05, 0) is 48.4 Å². The van der Waals surface area contributed by atoms with Crippen LogP contribution in [0.3, 0.4) is 0 Å². The van der Waals surface area contributed by atoms with Gasteiger partial charge in [0.1, 0.15) is 12.4 Å². The number of hydrogen-bond acceptors (Lipinski definition) is 6. The Balaban J connectivity index is 1.94. The van der Waals surface area contributed by atoms with E-state index in [-0.39, 0.29) is 28.1 Å². The molecule has 0 radical (unpaired) electrons. The number of thiazole rings is 1. The lowest BCUT2D eigenvalue weighted by Crippen LogP contribution is -2.41. The molecule has 0 spiro atoms. The van der Waals surface area contributed by atoms with E-state index in [0.29, 0.717) is 16.3 Å². The molecule has 37 heavy (non-hydrogen) atoms. The Morgan fingerprint density at radius 2 is 1.89 bits per heavy atom. The summed E-state index contributed by atoms with van der Waals surface area (Å²) < 4.78 is 53.9. The number of esters is 1. The van der Waals surface area contributed by atoms with Gasteiger partial charge < -0.3 is 9.47 Å². The van der Waals surface area contributed by atoms with Crippen molar-refractivity contribution in [2.75, 3.05) is 13.2 Å². The van der Waals surface area contributed by atoms with Crippen LogP contribution >= 0.6 is 22.9 Å². The fraction of sp³-hybridized carbons (Fsp3) is 0.192. The number of hydrogen-bond donors (Lipinski definition) is 0. The van der Waals surface area contributed by atoms with Crippen molar-refractivity contribution in [2.24, 2.45) is 4.99 Å². The zero-order valence-corrected chi connectivity index (χ0v) is 20.8. The van der Waals surface area contributed by atoms with E-state index in [9.17, 15) is 22.8 Å². The molecule has 0 N–H and O–H groups in total. The molecule has 0 saturated carbocycles. The Bertz CT molecular complexity index is 1580. The lowest BCUT2D eigenvalue weighted by atomic mass is 9.95. The maximum Gasteiger partial charge on any atom is 0.434 e. The number of alkyl halides is 3. The van der Waals surface area contributed by atoms with Gasteiger partial charge in [0.2, 0.25) is 0 Å². The fourth-order valence-electron chi connectivity index (χ4n) is 3.74. The molecule has 11 heteroatoms. The Morgan fingerprint density at radius 3 is 2.49 bits per heavy atom. The number of fused-ring (bicyclic) bond motifs is 1. The number of aromatic nitrogens is 1. The fourth-order valence-corrected chi connectivity index (χ4v) is 4.86. The molecule has 0 fully saturated rings. The van der Waals surface area contributed by atoms with Crippen molar-refractivity contribution in [1.82, 2.24) is 4.57 Å². The van der Waals surface area contributed by atoms with Gasteiger partial charge in [-0.25, -0.2) is 9.79 Å². The summed E-state index contributed by atoms with van der Waals surface area (Å²) in [5.74, 6) is 1.66. The molecule has 1 aliphatic heterocycles. The van der Waals surface area contributed by atoms with Gasteiger partial charge in [-0.2, -0.15) is 13.2 Å². The second kappa shape index (κ2) is 10.7. The zero-order chi connectivity index (χ0) is 26.7. The standard InChI is InChI=1S/C26H18ClF3N2O4S/c1-3-13-36-18-11-5-15(6-12-18)14-19-23(33)32-21(16-7-9-17(27)10-8-16)20(24(34)35-4-2)22(26(28,29)30)31-25(32)37-19/h1,5-12,14,21H,4,13H2,2H3/b19-14-/t21-/m1/s1. The Hall–Kier alpha value is -3.81. The van der Waals surface area contributed by atoms with Crippen molar-refractivity contribution in [2.45, 2.75) is 19.1 Å². The molecule has 0 saturated heterocycles. The quantitative estimate of drug-likeness (QED) is 0.346. The highest BCUT2D eigenvalue weighted by Gasteiger charge is 2.45. The topological polar surface area (TPSA) is 69.9 Å². The average molecular weight is 547 g/mol. The van der Waals surface area contributed by atoms with Gasteiger partial charge in [0.15, 0.2) is 10.5 Å². The molecular weight excluding hydrogens is 529 g/mol. The summed E-state index contributed by atoms with van der Waals surface area (Å²) in [6.45, 7) is 1.40. The first-order valence-corrected chi connectivity index (χ1v) is 12.1. The number of benzene rings is 2. The molecule has 1 aromatic heterocycles. The SMILES string of the molecule is C#CCOc1ccc(/C=c2\sc3n(c2=O)[C@H](c2ccc(Cl)cc2)C(C(=O)OCC)=C(C(F)(F)F)N=3)cc1. The highest BCUT2D eigenvalue weighted by atomic mass is 35.5. The van der Waals surface area contributed by atoms with Gasteiger partial charge in [-0.3, -0.25) is 9.36 Å². The minimum absolute atomic E-state index is 0.0903. The summed E-state index contributed by atoms with van der Waals surface area (Å²) >= 11 is 6.75. The van der Waals surface area contributed by atoms with E-state index in [1.165, 1.54) is 37.3 Å². The first-order valence-electron chi connectivity index (χ1n) is 10.9. The van der Waals surface area contributed by atoms with Crippen LogP contribution in [0.2, 0.25) is 5.02 Å². The average Bonchev–Trinajstić information content (AvgIpc) is 3.17. The van der Waals surface area contributed by atoms with Crippen LogP contribution in [0.25, 0.3) is 6.08 Å². The van der Waals surface area contributed by atoms with Crippen LogP contribution in [0, 0.1) is 12.3 Å². The van der Waals surface area contributed by atoms with E-state index < -0.39 is 35.0 Å². The smallest absolute Gasteiger partial charge is 0.434 e. The van der Waals surface area contributed by atoms with Crippen molar-refractivity contribution in [3.05, 3.63) is 95.6 Å². The summed E-state index contributed by atoms with van der Waals surface area (Å²) in [7, 11) is 0. The first-order chi connectivity index (χ1) is 17.6. The highest BCUT2D eigenvalue weighted by molar-refractivity contribution is 7.07. The molecule has 0 aliphatic carbocycles. The van der Waals surface area contributed by atoms with Crippen LogP contribution in [0.1, 0.15) is 24.1 Å². The number of ether oxygens (including phenoxy) is 2. The lowest BCUT2D eigenvalue weighted by molar-refractivity contribution is -0.140. The normalized spacial score (nSPS) is 15.6. The molecule has 1 atom stereocenters. The molecule has 1 aliphatic rings. The third kappa shape index (κ3) is 5.48. The van der Waals surface area contributed by atoms with Gasteiger partial charge in [0, 0.05) is 5.02 Å². The number of carbonyl (C=O) groups excluding carboxylic acids is 1. The van der Waals surface area contributed by atoms with Crippen LogP contribution in [-0.4, -0.2) is 29.9 Å². The Kier molecular flexibility index (Phi) is 7.57. The van der Waals surface area contributed by atoms with Gasteiger partial charge in [-0.1, -0.05) is 53.1 Å².